The fourth-order valence-electron chi connectivity index (χ4n) is 0. The maximum atomic E-state index is 4.64. The van der Waals surface area contributed by atoms with Gasteiger partial charge in [0.25, 0.3) is 0 Å². The van der Waals surface area contributed by atoms with Gasteiger partial charge in [0, 0.05) is 0 Å². The van der Waals surface area contributed by atoms with Gasteiger partial charge in [-0.3, -0.25) is 0 Å². The van der Waals surface area contributed by atoms with Crippen molar-refractivity contribution >= 4 is 24.5 Å². The molecule has 0 aromatic rings. The first-order valence-electron chi connectivity index (χ1n) is 1.34. The Morgan fingerprint density at radius 2 is 1.33 bits per heavy atom. The van der Waals surface area contributed by atoms with E-state index in [0.717, 1.165) is 15.2 Å². The molecule has 0 rings (SSSR count). The van der Waals surface area contributed by atoms with Crippen LogP contribution in [0.25, 0.3) is 0 Å². The van der Waals surface area contributed by atoms with Crippen LogP contribution >= 0.6 is 9.30 Å². The van der Waals surface area contributed by atoms with Gasteiger partial charge in [0.15, 0.2) is 15.2 Å². The van der Waals surface area contributed by atoms with Gasteiger partial charge in [-0.25, -0.2) is 0 Å². The first-order chi connectivity index (χ1) is 2.41. The summed E-state index contributed by atoms with van der Waals surface area (Å²) >= 11 is 2.22. The van der Waals surface area contributed by atoms with Crippen LogP contribution in [0.5, 0.6) is 0 Å². The molecule has 6 heavy (non-hydrogen) atoms. The van der Waals surface area contributed by atoms with Crippen LogP contribution in [-0.4, -0.2) is 15.2 Å². The summed E-state index contributed by atoms with van der Waals surface area (Å²) in [6.45, 7) is 0. The molecule has 0 heterocycles. The van der Waals surface area contributed by atoms with Crippen LogP contribution in [0.15, 0.2) is 0 Å². The van der Waals surface area contributed by atoms with Crippen LogP contribution in [-0.2, 0) is 19.4 Å². The van der Waals surface area contributed by atoms with E-state index in [-0.39, 0.29) is 7.43 Å². The molecular formula is C3H9AlClTi. The molecule has 0 atom stereocenters. The Labute approximate surface area is 62.6 Å². The van der Waals surface area contributed by atoms with Crippen molar-refractivity contribution in [2.45, 2.75) is 11.6 Å². The second kappa shape index (κ2) is 31.1. The molecule has 0 aliphatic rings. The molecule has 0 unspecified atom stereocenters. The van der Waals surface area contributed by atoms with E-state index in [2.05, 4.69) is 20.9 Å². The van der Waals surface area contributed by atoms with E-state index in [4.69, 9.17) is 0 Å². The Hall–Kier alpha value is 1.54. The minimum atomic E-state index is 0. The van der Waals surface area contributed by atoms with Crippen molar-refractivity contribution < 1.29 is 19.4 Å². The summed E-state index contributed by atoms with van der Waals surface area (Å²) in [5.41, 5.74) is 0. The first-order valence-corrected chi connectivity index (χ1v) is 5.80. The average Bonchev–Trinajstić information content (AvgIpc) is 1.46. The van der Waals surface area contributed by atoms with Gasteiger partial charge < -0.3 is 7.43 Å². The minimum absolute atomic E-state index is 0. The van der Waals surface area contributed by atoms with Crippen molar-refractivity contribution in [1.29, 1.82) is 0 Å². The van der Waals surface area contributed by atoms with E-state index < -0.39 is 0 Å². The van der Waals surface area contributed by atoms with Gasteiger partial charge in [0.05, 0.1) is 0 Å². The summed E-state index contributed by atoms with van der Waals surface area (Å²) in [5.74, 6) is 4.42. The van der Waals surface area contributed by atoms with Crippen LogP contribution in [0, 0.1) is 7.43 Å². The molecule has 0 aliphatic carbocycles. The third kappa shape index (κ3) is 48.3. The van der Waals surface area contributed by atoms with Gasteiger partial charge in [-0.05, 0) is 0 Å². The molecule has 0 fully saturated rings. The van der Waals surface area contributed by atoms with Crippen molar-refractivity contribution in [3.05, 3.63) is 7.43 Å². The standard InChI is InChI=1S/3CH3.Al.ClH.Ti/h3*1H3;;1H;/q;;-1;;;+2/p-1. The quantitative estimate of drug-likeness (QED) is 0.370. The molecule has 0 spiro atoms. The van der Waals surface area contributed by atoms with E-state index >= 15 is 0 Å². The van der Waals surface area contributed by atoms with Crippen LogP contribution < -0.4 is 0 Å². The molecule has 0 bridgehead atoms. The van der Waals surface area contributed by atoms with Crippen LogP contribution in [0.4, 0.5) is 0 Å². The third-order valence-electron chi connectivity index (χ3n) is 0. The predicted octanol–water partition coefficient (Wildman–Crippen LogP) is 1.92. The van der Waals surface area contributed by atoms with Crippen molar-refractivity contribution in [3.8, 4) is 0 Å². The van der Waals surface area contributed by atoms with Gasteiger partial charge in [0.1, 0.15) is 0 Å². The molecule has 0 aromatic carbocycles. The second-order valence-electron chi connectivity index (χ2n) is 0.577. The van der Waals surface area contributed by atoms with E-state index in [0.29, 0.717) is 0 Å². The summed E-state index contributed by atoms with van der Waals surface area (Å²) in [7, 11) is 4.64. The molecule has 35 valence electrons. The van der Waals surface area contributed by atoms with Crippen molar-refractivity contribution in [3.63, 3.8) is 0 Å². The molecule has 0 saturated carbocycles. The third-order valence-corrected chi connectivity index (χ3v) is 0. The summed E-state index contributed by atoms with van der Waals surface area (Å²) in [6, 6.07) is 0. The van der Waals surface area contributed by atoms with Crippen molar-refractivity contribution in [1.82, 2.24) is 0 Å². The fourth-order valence-corrected chi connectivity index (χ4v) is 0. The van der Waals surface area contributed by atoms with E-state index in [1.165, 1.54) is 19.4 Å². The maximum absolute atomic E-state index is 4.64. The molecule has 1 radical (unpaired) electrons. The van der Waals surface area contributed by atoms with Gasteiger partial charge in [-0.1, -0.05) is 0 Å². The number of rotatable bonds is 0. The molecule has 0 aromatic heterocycles. The Morgan fingerprint density at radius 1 is 1.33 bits per heavy atom. The Kier molecular flexibility index (Phi) is 81.2. The van der Waals surface area contributed by atoms with E-state index in [1.54, 1.807) is 0 Å². The predicted molar refractivity (Wildman–Crippen MR) is 29.7 cm³/mol. The van der Waals surface area contributed by atoms with Crippen LogP contribution in [0.2, 0.25) is 11.6 Å². The summed E-state index contributed by atoms with van der Waals surface area (Å²) < 4.78 is 0. The van der Waals surface area contributed by atoms with Crippen molar-refractivity contribution in [2.24, 2.45) is 0 Å². The first kappa shape index (κ1) is 15.6. The van der Waals surface area contributed by atoms with Crippen molar-refractivity contribution in [2.75, 3.05) is 0 Å². The number of hydrogen-bond donors (Lipinski definition) is 0. The van der Waals surface area contributed by atoms with Crippen LogP contribution in [0.1, 0.15) is 0 Å². The number of hydrogen-bond acceptors (Lipinski definition) is 0. The molecule has 3 heteroatoms. The molecule has 0 aliphatic heterocycles. The van der Waals surface area contributed by atoms with Gasteiger partial charge in [0.2, 0.25) is 0 Å². The Bertz CT molecular complexity index is 10.8. The topological polar surface area (TPSA) is 0 Å². The van der Waals surface area contributed by atoms with E-state index in [1.807, 2.05) is 0 Å². The molecule has 0 nitrogen and oxygen atoms in total. The normalized spacial score (nSPS) is 3.00. The molecule has 0 saturated heterocycles. The molecular weight excluding hydrogens is 146 g/mol. The fraction of sp³-hybridized carbons (Fsp3) is 0.667. The zero-order valence-corrected chi connectivity index (χ0v) is 7.93. The monoisotopic (exact) mass is 155 g/mol. The Morgan fingerprint density at radius 3 is 1.33 bits per heavy atom. The second-order valence-corrected chi connectivity index (χ2v) is 1.73. The van der Waals surface area contributed by atoms with Gasteiger partial charge >= 0.3 is 28.7 Å². The van der Waals surface area contributed by atoms with Gasteiger partial charge in [-0.15, -0.1) is 11.6 Å². The van der Waals surface area contributed by atoms with Crippen LogP contribution in [0.3, 0.4) is 0 Å². The molecule has 0 amide bonds. The SMILES string of the molecule is [CH3-].[CH3][Al][CH3].[Cl][Ti+]. The summed E-state index contributed by atoms with van der Waals surface area (Å²) in [4.78, 5) is 0. The van der Waals surface area contributed by atoms with Gasteiger partial charge in [-0.2, -0.15) is 0 Å². The van der Waals surface area contributed by atoms with E-state index in [9.17, 15) is 0 Å². The number of halogens is 1. The summed E-state index contributed by atoms with van der Waals surface area (Å²) in [6.07, 6.45) is 0. The molecule has 0 N–H and O–H groups in total. The Balaban J connectivity index is -0.0000000275. The average molecular weight is 155 g/mol. The zero-order valence-electron chi connectivity index (χ0n) is 4.46. The zero-order chi connectivity index (χ0) is 4.71. The summed E-state index contributed by atoms with van der Waals surface area (Å²) in [5, 5.41) is 0.